The molecule has 2 aliphatic carbocycles. The zero-order valence-corrected chi connectivity index (χ0v) is 23.8. The number of nitrogens with zero attached hydrogens (tertiary/aromatic N) is 1. The van der Waals surface area contributed by atoms with E-state index in [1.54, 1.807) is 0 Å². The number of carbonyl (C=O) groups excluding carboxylic acids is 1. The number of anilines is 1. The molecular formula is C31H39ClN2O3S. The molecule has 5 atom stereocenters. The standard InChI is InChI=1S/C31H39ClN2O3S/c1-20-5-2-3-7-28(35)25-11-8-23(25)17-34-18-31(14-4-6-21-15-24(32)10-12-26(21)31)19-37-29-13-9-22(16-27(29)34)30(36)33-38-20/h9-10,12-13,15-16,20,23,25,28,35H,2-8,11,14,17-19H2,1H3,(H,33,36)/t20-,23-,25+,28-,31-/m0/s1. The van der Waals surface area contributed by atoms with E-state index in [1.807, 2.05) is 24.3 Å². The Bertz CT molecular complexity index is 1190. The Morgan fingerprint density at radius 1 is 1.11 bits per heavy atom. The first-order valence-corrected chi connectivity index (χ1v) is 15.6. The van der Waals surface area contributed by atoms with Gasteiger partial charge in [-0.1, -0.05) is 37.4 Å². The van der Waals surface area contributed by atoms with Gasteiger partial charge in [-0.05, 0) is 110 Å². The topological polar surface area (TPSA) is 61.8 Å². The van der Waals surface area contributed by atoms with Gasteiger partial charge < -0.3 is 14.7 Å². The molecule has 2 bridgehead atoms. The Labute approximate surface area is 235 Å². The first kappa shape index (κ1) is 26.3. The van der Waals surface area contributed by atoms with Crippen LogP contribution in [-0.4, -0.2) is 42.1 Å². The van der Waals surface area contributed by atoms with Crippen molar-refractivity contribution in [2.75, 3.05) is 24.6 Å². The molecule has 2 heterocycles. The monoisotopic (exact) mass is 554 g/mol. The minimum atomic E-state index is -0.232. The number of ether oxygens (including phenoxy) is 1. The molecule has 4 aliphatic rings. The third-order valence-electron chi connectivity index (χ3n) is 9.44. The number of aliphatic hydroxyl groups excluding tert-OH is 1. The molecule has 1 amide bonds. The summed E-state index contributed by atoms with van der Waals surface area (Å²) >= 11 is 7.90. The van der Waals surface area contributed by atoms with Crippen molar-refractivity contribution in [1.29, 1.82) is 0 Å². The van der Waals surface area contributed by atoms with Crippen molar-refractivity contribution in [2.45, 2.75) is 81.5 Å². The molecule has 38 heavy (non-hydrogen) atoms. The summed E-state index contributed by atoms with van der Waals surface area (Å²) in [6, 6.07) is 12.2. The summed E-state index contributed by atoms with van der Waals surface area (Å²) in [5, 5.41) is 12.2. The molecule has 2 aromatic rings. The zero-order chi connectivity index (χ0) is 26.3. The van der Waals surface area contributed by atoms with E-state index < -0.39 is 0 Å². The summed E-state index contributed by atoms with van der Waals surface area (Å²) in [5.74, 6) is 1.59. The molecule has 0 aromatic heterocycles. The quantitative estimate of drug-likeness (QED) is 0.362. The van der Waals surface area contributed by atoms with Crippen LogP contribution >= 0.6 is 23.5 Å². The van der Waals surface area contributed by atoms with Crippen LogP contribution in [0.5, 0.6) is 5.75 Å². The van der Waals surface area contributed by atoms with Crippen LogP contribution in [0.25, 0.3) is 0 Å². The van der Waals surface area contributed by atoms with Crippen LogP contribution in [0.1, 0.15) is 79.8 Å². The number of benzene rings is 2. The van der Waals surface area contributed by atoms with Crippen LogP contribution in [0.15, 0.2) is 36.4 Å². The Morgan fingerprint density at radius 2 is 1.97 bits per heavy atom. The first-order valence-electron chi connectivity index (χ1n) is 14.4. The number of nitrogens with one attached hydrogen (secondary N) is 1. The van der Waals surface area contributed by atoms with Crippen molar-refractivity contribution in [3.05, 3.63) is 58.1 Å². The van der Waals surface area contributed by atoms with Gasteiger partial charge in [-0.2, -0.15) is 0 Å². The number of halogens is 1. The van der Waals surface area contributed by atoms with Crippen LogP contribution in [-0.2, 0) is 11.8 Å². The van der Waals surface area contributed by atoms with E-state index in [0.29, 0.717) is 29.3 Å². The lowest BCUT2D eigenvalue weighted by Crippen LogP contribution is -2.49. The molecule has 2 aromatic carbocycles. The fraction of sp³-hybridized carbons (Fsp3) is 0.581. The number of hydrogen-bond donors (Lipinski definition) is 2. The van der Waals surface area contributed by atoms with Gasteiger partial charge in [0.25, 0.3) is 5.91 Å². The van der Waals surface area contributed by atoms with Gasteiger partial charge in [0.2, 0.25) is 0 Å². The van der Waals surface area contributed by atoms with Crippen LogP contribution in [0.3, 0.4) is 0 Å². The summed E-state index contributed by atoms with van der Waals surface area (Å²) in [5.41, 5.74) is 4.21. The number of amides is 1. The SMILES string of the molecule is C[C@H]1CCCC[C@H](O)[C@@H]2CC[C@H]2CN2C[C@@]3(CCCc4cc(Cl)ccc43)COc3ccc(cc32)C(=O)NS1. The number of carbonyl (C=O) groups is 1. The smallest absolute Gasteiger partial charge is 0.261 e. The second-order valence-corrected chi connectivity index (χ2v) is 13.7. The van der Waals surface area contributed by atoms with E-state index in [4.69, 9.17) is 16.3 Å². The highest BCUT2D eigenvalue weighted by atomic mass is 35.5. The normalized spacial score (nSPS) is 31.8. The molecule has 1 fully saturated rings. The van der Waals surface area contributed by atoms with Crippen LogP contribution in [0, 0.1) is 11.8 Å². The van der Waals surface area contributed by atoms with E-state index in [9.17, 15) is 9.90 Å². The maximum atomic E-state index is 13.2. The predicted molar refractivity (Wildman–Crippen MR) is 155 cm³/mol. The van der Waals surface area contributed by atoms with Crippen molar-refractivity contribution in [3.63, 3.8) is 0 Å². The van der Waals surface area contributed by atoms with E-state index in [1.165, 1.54) is 23.1 Å². The summed E-state index contributed by atoms with van der Waals surface area (Å²) in [6.07, 6.45) is 9.23. The molecule has 7 heteroatoms. The molecule has 0 unspecified atom stereocenters. The van der Waals surface area contributed by atoms with Crippen molar-refractivity contribution < 1.29 is 14.6 Å². The highest BCUT2D eigenvalue weighted by Gasteiger charge is 2.44. The Hall–Kier alpha value is -1.89. The molecule has 1 saturated carbocycles. The molecular weight excluding hydrogens is 516 g/mol. The zero-order valence-electron chi connectivity index (χ0n) is 22.3. The fourth-order valence-corrected chi connectivity index (χ4v) is 8.04. The number of hydrogen-bond acceptors (Lipinski definition) is 5. The molecule has 0 saturated heterocycles. The number of fused-ring (bicyclic) bond motifs is 4. The second kappa shape index (κ2) is 10.9. The van der Waals surface area contributed by atoms with Crippen molar-refractivity contribution in [1.82, 2.24) is 4.72 Å². The average Bonchev–Trinajstić information content (AvgIpc) is 3.04. The van der Waals surface area contributed by atoms with Crippen molar-refractivity contribution >= 4 is 35.1 Å². The lowest BCUT2D eigenvalue weighted by Gasteiger charge is -2.45. The fourth-order valence-electron chi connectivity index (χ4n) is 7.14. The predicted octanol–water partition coefficient (Wildman–Crippen LogP) is 6.54. The van der Waals surface area contributed by atoms with E-state index in [0.717, 1.165) is 87.3 Å². The summed E-state index contributed by atoms with van der Waals surface area (Å²) < 4.78 is 9.66. The lowest BCUT2D eigenvalue weighted by molar-refractivity contribution is 0.00905. The van der Waals surface area contributed by atoms with Gasteiger partial charge >= 0.3 is 0 Å². The summed E-state index contributed by atoms with van der Waals surface area (Å²) in [4.78, 5) is 15.6. The van der Waals surface area contributed by atoms with Crippen LogP contribution in [0.4, 0.5) is 5.69 Å². The van der Waals surface area contributed by atoms with Gasteiger partial charge in [-0.3, -0.25) is 9.52 Å². The third-order valence-corrected chi connectivity index (χ3v) is 10.6. The van der Waals surface area contributed by atoms with E-state index in [2.05, 4.69) is 28.7 Å². The Balaban J connectivity index is 1.38. The molecule has 2 N–H and O–H groups in total. The van der Waals surface area contributed by atoms with E-state index in [-0.39, 0.29) is 17.4 Å². The second-order valence-electron chi connectivity index (χ2n) is 12.0. The van der Waals surface area contributed by atoms with E-state index >= 15 is 0 Å². The van der Waals surface area contributed by atoms with Gasteiger partial charge in [0.15, 0.2) is 0 Å². The van der Waals surface area contributed by atoms with Gasteiger partial charge in [0, 0.05) is 34.3 Å². The highest BCUT2D eigenvalue weighted by Crippen LogP contribution is 2.47. The molecule has 5 nitrogen and oxygen atoms in total. The third kappa shape index (κ3) is 5.16. The largest absolute Gasteiger partial charge is 0.490 e. The number of aliphatic hydroxyl groups is 1. The summed E-state index contributed by atoms with van der Waals surface area (Å²) in [6.45, 7) is 4.49. The molecule has 6 rings (SSSR count). The number of aryl methyl sites for hydroxylation is 1. The minimum Gasteiger partial charge on any atom is -0.490 e. The number of rotatable bonds is 0. The molecule has 2 aliphatic heterocycles. The van der Waals surface area contributed by atoms with Crippen molar-refractivity contribution in [3.8, 4) is 5.75 Å². The molecule has 1 spiro atoms. The minimum absolute atomic E-state index is 0.0507. The van der Waals surface area contributed by atoms with Gasteiger partial charge in [0.1, 0.15) is 5.75 Å². The summed E-state index contributed by atoms with van der Waals surface area (Å²) in [7, 11) is 0. The van der Waals surface area contributed by atoms with Crippen molar-refractivity contribution in [2.24, 2.45) is 11.8 Å². The molecule has 0 radical (unpaired) electrons. The molecule has 204 valence electrons. The first-order chi connectivity index (χ1) is 18.4. The van der Waals surface area contributed by atoms with Gasteiger partial charge in [-0.25, -0.2) is 0 Å². The Kier molecular flexibility index (Phi) is 7.58. The van der Waals surface area contributed by atoms with Gasteiger partial charge in [-0.15, -0.1) is 0 Å². The highest BCUT2D eigenvalue weighted by molar-refractivity contribution is 7.98. The average molecular weight is 555 g/mol. The Morgan fingerprint density at radius 3 is 2.82 bits per heavy atom. The van der Waals surface area contributed by atoms with Crippen LogP contribution in [0.2, 0.25) is 5.02 Å². The van der Waals surface area contributed by atoms with Gasteiger partial charge in [0.05, 0.1) is 18.4 Å². The maximum absolute atomic E-state index is 13.2. The maximum Gasteiger partial charge on any atom is 0.261 e. The van der Waals surface area contributed by atoms with Crippen LogP contribution < -0.4 is 14.4 Å². The lowest BCUT2D eigenvalue weighted by atomic mass is 9.68.